The summed E-state index contributed by atoms with van der Waals surface area (Å²) in [6, 6.07) is 14.1. The Morgan fingerprint density at radius 3 is 2.61 bits per heavy atom. The number of benzene rings is 2. The van der Waals surface area contributed by atoms with Gasteiger partial charge in [-0.05, 0) is 36.6 Å². The lowest BCUT2D eigenvalue weighted by molar-refractivity contribution is -0.135. The average molecular weight is 441 g/mol. The quantitative estimate of drug-likeness (QED) is 0.704. The molecule has 1 heterocycles. The summed E-state index contributed by atoms with van der Waals surface area (Å²) in [5, 5.41) is 0.425. The minimum absolute atomic E-state index is 0.0209. The Morgan fingerprint density at radius 2 is 1.89 bits per heavy atom. The zero-order valence-electron chi connectivity index (χ0n) is 15.5. The molecule has 0 spiro atoms. The summed E-state index contributed by atoms with van der Waals surface area (Å²) in [6.07, 6.45) is 1.28. The van der Waals surface area contributed by atoms with Crippen LogP contribution in [0.4, 0.5) is 0 Å². The molecule has 2 aromatic rings. The molecular weight excluding hydrogens is 419 g/mol. The summed E-state index contributed by atoms with van der Waals surface area (Å²) in [5.41, 5.74) is 1.03. The van der Waals surface area contributed by atoms with Crippen molar-refractivity contribution < 1.29 is 13.2 Å². The molecule has 1 aliphatic rings. The average Bonchev–Trinajstić information content (AvgIpc) is 2.70. The maximum atomic E-state index is 13.0. The number of piperidine rings is 1. The Morgan fingerprint density at radius 1 is 1.18 bits per heavy atom. The second kappa shape index (κ2) is 8.82. The van der Waals surface area contributed by atoms with E-state index in [0.29, 0.717) is 31.0 Å². The van der Waals surface area contributed by atoms with Gasteiger partial charge in [0.25, 0.3) is 0 Å². The van der Waals surface area contributed by atoms with Gasteiger partial charge in [0.15, 0.2) is 0 Å². The van der Waals surface area contributed by atoms with Crippen molar-refractivity contribution in [3.8, 4) is 0 Å². The minimum atomic E-state index is -3.82. The molecule has 0 radical (unpaired) electrons. The molecule has 5 nitrogen and oxygen atoms in total. The van der Waals surface area contributed by atoms with Crippen LogP contribution in [0.2, 0.25) is 10.0 Å². The van der Waals surface area contributed by atoms with Crippen molar-refractivity contribution in [3.63, 3.8) is 0 Å². The van der Waals surface area contributed by atoms with E-state index in [-0.39, 0.29) is 28.3 Å². The third-order valence-corrected chi connectivity index (χ3v) is 7.47. The van der Waals surface area contributed by atoms with Crippen LogP contribution >= 0.6 is 23.2 Å². The predicted molar refractivity (Wildman–Crippen MR) is 111 cm³/mol. The van der Waals surface area contributed by atoms with Crippen molar-refractivity contribution in [1.29, 1.82) is 0 Å². The van der Waals surface area contributed by atoms with Gasteiger partial charge < -0.3 is 4.90 Å². The third kappa shape index (κ3) is 4.69. The first kappa shape index (κ1) is 21.1. The van der Waals surface area contributed by atoms with Crippen LogP contribution in [0.1, 0.15) is 18.4 Å². The summed E-state index contributed by atoms with van der Waals surface area (Å²) in [5.74, 6) is -0.434. The molecule has 2 aromatic carbocycles. The standard InChI is InChI=1S/C20H22Cl2N2O3S/c1-23(13-15-6-3-2-4-7-15)20(25)16-8-5-11-24(14-16)28(26,27)19-12-17(21)9-10-18(19)22/h2-4,6-7,9-10,12,16H,5,8,11,13-14H2,1H3/t16-/m1/s1. The van der Waals surface area contributed by atoms with Crippen molar-refractivity contribution in [2.24, 2.45) is 5.92 Å². The second-order valence-electron chi connectivity index (χ2n) is 6.96. The molecule has 0 N–H and O–H groups in total. The van der Waals surface area contributed by atoms with Gasteiger partial charge in [-0.1, -0.05) is 53.5 Å². The van der Waals surface area contributed by atoms with Crippen LogP contribution in [-0.2, 0) is 21.4 Å². The zero-order chi connectivity index (χ0) is 20.3. The van der Waals surface area contributed by atoms with E-state index < -0.39 is 10.0 Å². The van der Waals surface area contributed by atoms with Crippen LogP contribution in [0.15, 0.2) is 53.4 Å². The van der Waals surface area contributed by atoms with E-state index in [9.17, 15) is 13.2 Å². The number of sulfonamides is 1. The molecular formula is C20H22Cl2N2O3S. The Hall–Kier alpha value is -1.60. The zero-order valence-corrected chi connectivity index (χ0v) is 17.8. The van der Waals surface area contributed by atoms with E-state index in [1.165, 1.54) is 16.4 Å². The summed E-state index contributed by atoms with van der Waals surface area (Å²) in [7, 11) is -2.07. The van der Waals surface area contributed by atoms with E-state index in [0.717, 1.165) is 5.56 Å². The Labute approximate surface area is 175 Å². The summed E-state index contributed by atoms with van der Waals surface area (Å²) >= 11 is 12.1. The summed E-state index contributed by atoms with van der Waals surface area (Å²) < 4.78 is 27.4. The molecule has 0 saturated carbocycles. The van der Waals surface area contributed by atoms with Gasteiger partial charge in [-0.15, -0.1) is 0 Å². The number of amides is 1. The molecule has 3 rings (SSSR count). The number of carbonyl (C=O) groups excluding carboxylic acids is 1. The smallest absolute Gasteiger partial charge is 0.244 e. The highest BCUT2D eigenvalue weighted by Crippen LogP contribution is 2.30. The Balaban J connectivity index is 1.74. The number of halogens is 2. The molecule has 1 amide bonds. The second-order valence-corrected chi connectivity index (χ2v) is 9.71. The lowest BCUT2D eigenvalue weighted by Gasteiger charge is -2.33. The molecule has 0 aromatic heterocycles. The largest absolute Gasteiger partial charge is 0.341 e. The fourth-order valence-corrected chi connectivity index (χ4v) is 5.68. The van der Waals surface area contributed by atoms with Gasteiger partial charge >= 0.3 is 0 Å². The van der Waals surface area contributed by atoms with Gasteiger partial charge in [-0.25, -0.2) is 8.42 Å². The Bertz CT molecular complexity index is 951. The van der Waals surface area contributed by atoms with Crippen LogP contribution in [0.5, 0.6) is 0 Å². The molecule has 150 valence electrons. The number of hydrogen-bond acceptors (Lipinski definition) is 3. The molecule has 28 heavy (non-hydrogen) atoms. The van der Waals surface area contributed by atoms with E-state index in [1.54, 1.807) is 18.0 Å². The molecule has 1 saturated heterocycles. The molecule has 1 atom stereocenters. The first-order valence-corrected chi connectivity index (χ1v) is 11.2. The first-order chi connectivity index (χ1) is 13.3. The van der Waals surface area contributed by atoms with Crippen LogP contribution in [-0.4, -0.2) is 43.7 Å². The minimum Gasteiger partial charge on any atom is -0.341 e. The monoisotopic (exact) mass is 440 g/mol. The highest BCUT2D eigenvalue weighted by molar-refractivity contribution is 7.89. The van der Waals surface area contributed by atoms with Crippen LogP contribution in [0.25, 0.3) is 0 Å². The highest BCUT2D eigenvalue weighted by Gasteiger charge is 2.35. The van der Waals surface area contributed by atoms with Gasteiger partial charge in [-0.2, -0.15) is 4.31 Å². The van der Waals surface area contributed by atoms with Crippen LogP contribution in [0.3, 0.4) is 0 Å². The number of carbonyl (C=O) groups is 1. The van der Waals surface area contributed by atoms with Gasteiger partial charge in [-0.3, -0.25) is 4.79 Å². The molecule has 1 aliphatic heterocycles. The maximum Gasteiger partial charge on any atom is 0.244 e. The van der Waals surface area contributed by atoms with Gasteiger partial charge in [0.1, 0.15) is 4.90 Å². The van der Waals surface area contributed by atoms with Crippen molar-refractivity contribution in [2.75, 3.05) is 20.1 Å². The van der Waals surface area contributed by atoms with E-state index in [1.807, 2.05) is 30.3 Å². The third-order valence-electron chi connectivity index (χ3n) is 4.88. The molecule has 8 heteroatoms. The summed E-state index contributed by atoms with van der Waals surface area (Å²) in [6.45, 7) is 0.990. The van der Waals surface area contributed by atoms with Crippen molar-refractivity contribution in [1.82, 2.24) is 9.21 Å². The Kier molecular flexibility index (Phi) is 6.65. The molecule has 0 bridgehead atoms. The van der Waals surface area contributed by atoms with Crippen molar-refractivity contribution in [3.05, 3.63) is 64.1 Å². The molecule has 0 unspecified atom stereocenters. The number of rotatable bonds is 5. The van der Waals surface area contributed by atoms with Gasteiger partial charge in [0.2, 0.25) is 15.9 Å². The predicted octanol–water partition coefficient (Wildman–Crippen LogP) is 4.05. The topological polar surface area (TPSA) is 57.7 Å². The fraction of sp³-hybridized carbons (Fsp3) is 0.350. The SMILES string of the molecule is CN(Cc1ccccc1)C(=O)[C@@H]1CCCN(S(=O)(=O)c2cc(Cl)ccc2Cl)C1. The van der Waals surface area contributed by atoms with Gasteiger partial charge in [0.05, 0.1) is 10.9 Å². The van der Waals surface area contributed by atoms with Crippen molar-refractivity contribution in [2.45, 2.75) is 24.3 Å². The van der Waals surface area contributed by atoms with Crippen LogP contribution < -0.4 is 0 Å². The van der Waals surface area contributed by atoms with Gasteiger partial charge in [0, 0.05) is 31.7 Å². The summed E-state index contributed by atoms with van der Waals surface area (Å²) in [4.78, 5) is 14.5. The van der Waals surface area contributed by atoms with Crippen molar-refractivity contribution >= 4 is 39.1 Å². The fourth-order valence-electron chi connectivity index (χ4n) is 3.42. The number of nitrogens with zero attached hydrogens (tertiary/aromatic N) is 2. The molecule has 0 aliphatic carbocycles. The van der Waals surface area contributed by atoms with E-state index in [2.05, 4.69) is 0 Å². The number of hydrogen-bond donors (Lipinski definition) is 0. The highest BCUT2D eigenvalue weighted by atomic mass is 35.5. The van der Waals surface area contributed by atoms with Crippen LogP contribution in [0, 0.1) is 5.92 Å². The lowest BCUT2D eigenvalue weighted by Crippen LogP contribution is -2.45. The maximum absolute atomic E-state index is 13.0. The van der Waals surface area contributed by atoms with E-state index in [4.69, 9.17) is 23.2 Å². The molecule has 1 fully saturated rings. The normalized spacial score (nSPS) is 18.0. The first-order valence-electron chi connectivity index (χ1n) is 9.03. The van der Waals surface area contributed by atoms with E-state index >= 15 is 0 Å². The lowest BCUT2D eigenvalue weighted by atomic mass is 9.98.